The summed E-state index contributed by atoms with van der Waals surface area (Å²) in [6.45, 7) is -0.620. The van der Waals surface area contributed by atoms with Crippen molar-refractivity contribution in [2.45, 2.75) is 4.90 Å². The number of carbonyl (C=O) groups is 2. The number of hydrogen-bond acceptors (Lipinski definition) is 7. The molecule has 0 aliphatic carbocycles. The van der Waals surface area contributed by atoms with Crippen molar-refractivity contribution in [3.63, 3.8) is 0 Å². The molecule has 3 rings (SSSR count). The van der Waals surface area contributed by atoms with Crippen LogP contribution in [0.2, 0.25) is 0 Å². The van der Waals surface area contributed by atoms with Crippen molar-refractivity contribution in [1.29, 1.82) is 0 Å². The molecule has 0 radical (unpaired) electrons. The Morgan fingerprint density at radius 1 is 1.07 bits per heavy atom. The third-order valence-electron chi connectivity index (χ3n) is 3.55. The molecule has 0 bridgehead atoms. The van der Waals surface area contributed by atoms with Crippen molar-refractivity contribution in [3.05, 3.63) is 72.2 Å². The summed E-state index contributed by atoms with van der Waals surface area (Å²) in [5, 5.41) is 5.83. The van der Waals surface area contributed by atoms with Gasteiger partial charge in [-0.05, 0) is 36.4 Å². The summed E-state index contributed by atoms with van der Waals surface area (Å²) in [5.41, 5.74) is -0.161. The quantitative estimate of drug-likeness (QED) is 0.563. The molecule has 0 atom stereocenters. The fourth-order valence-electron chi connectivity index (χ4n) is 2.23. The van der Waals surface area contributed by atoms with Gasteiger partial charge in [-0.2, -0.15) is 0 Å². The van der Waals surface area contributed by atoms with Crippen LogP contribution in [0.4, 0.5) is 15.9 Å². The van der Waals surface area contributed by atoms with E-state index in [9.17, 15) is 22.4 Å². The smallest absolute Gasteiger partial charge is 0.340 e. The standard InChI is InChI=1S/C18H14FN3O6S/c19-12-5-7-13(8-6-12)29(25,26)22-15-4-2-1-3-14(15)18(24)27-11-17(23)20-16-9-10-28-21-16/h1-10,22H,11H2,(H,20,21,23). The van der Waals surface area contributed by atoms with E-state index in [1.165, 1.54) is 36.6 Å². The van der Waals surface area contributed by atoms with Crippen LogP contribution in [-0.4, -0.2) is 32.1 Å². The molecule has 1 aromatic heterocycles. The van der Waals surface area contributed by atoms with Gasteiger partial charge in [-0.25, -0.2) is 17.6 Å². The molecular weight excluding hydrogens is 405 g/mol. The first-order chi connectivity index (χ1) is 13.8. The first-order valence-electron chi connectivity index (χ1n) is 8.10. The van der Waals surface area contributed by atoms with Crippen LogP contribution in [0.15, 0.2) is 70.3 Å². The maximum atomic E-state index is 13.0. The molecule has 9 nitrogen and oxygen atoms in total. The zero-order valence-corrected chi connectivity index (χ0v) is 15.5. The van der Waals surface area contributed by atoms with E-state index in [1.807, 2.05) is 0 Å². The summed E-state index contributed by atoms with van der Waals surface area (Å²) in [6.07, 6.45) is 1.26. The largest absolute Gasteiger partial charge is 0.452 e. The van der Waals surface area contributed by atoms with Crippen LogP contribution in [0, 0.1) is 5.82 Å². The predicted octanol–water partition coefficient (Wildman–Crippen LogP) is 2.41. The lowest BCUT2D eigenvalue weighted by molar-refractivity contribution is -0.119. The topological polar surface area (TPSA) is 128 Å². The van der Waals surface area contributed by atoms with Crippen LogP contribution in [-0.2, 0) is 19.6 Å². The van der Waals surface area contributed by atoms with Gasteiger partial charge in [-0.3, -0.25) is 9.52 Å². The maximum absolute atomic E-state index is 13.0. The molecule has 1 amide bonds. The molecule has 11 heteroatoms. The average Bonchev–Trinajstić information content (AvgIpc) is 3.19. The normalized spacial score (nSPS) is 10.9. The Hall–Kier alpha value is -3.73. The number of aromatic nitrogens is 1. The zero-order chi connectivity index (χ0) is 20.9. The maximum Gasteiger partial charge on any atom is 0.340 e. The van der Waals surface area contributed by atoms with Crippen LogP contribution < -0.4 is 10.0 Å². The second kappa shape index (κ2) is 8.52. The highest BCUT2D eigenvalue weighted by Crippen LogP contribution is 2.21. The summed E-state index contributed by atoms with van der Waals surface area (Å²) in [6, 6.07) is 11.3. The van der Waals surface area contributed by atoms with Crippen LogP contribution >= 0.6 is 0 Å². The first kappa shape index (κ1) is 20.0. The molecule has 0 spiro atoms. The van der Waals surface area contributed by atoms with Gasteiger partial charge in [0.1, 0.15) is 12.1 Å². The number of sulfonamides is 1. The number of nitrogens with zero attached hydrogens (tertiary/aromatic N) is 1. The highest BCUT2D eigenvalue weighted by molar-refractivity contribution is 7.92. The summed E-state index contributed by atoms with van der Waals surface area (Å²) in [4.78, 5) is 23.9. The number of ether oxygens (including phenoxy) is 1. The van der Waals surface area contributed by atoms with Gasteiger partial charge in [0.15, 0.2) is 12.4 Å². The minimum Gasteiger partial charge on any atom is -0.452 e. The Morgan fingerprint density at radius 3 is 2.48 bits per heavy atom. The van der Waals surface area contributed by atoms with Crippen LogP contribution in [0.1, 0.15) is 10.4 Å². The van der Waals surface area contributed by atoms with Crippen molar-refractivity contribution in [2.24, 2.45) is 0 Å². The molecular formula is C18H14FN3O6S. The number of benzene rings is 2. The van der Waals surface area contributed by atoms with Gasteiger partial charge in [-0.1, -0.05) is 17.3 Å². The second-order valence-corrected chi connectivity index (χ2v) is 7.30. The molecule has 0 aliphatic heterocycles. The Balaban J connectivity index is 1.70. The Labute approximate surface area is 164 Å². The number of anilines is 2. The van der Waals surface area contributed by atoms with Crippen molar-refractivity contribution in [1.82, 2.24) is 5.16 Å². The molecule has 0 saturated heterocycles. The van der Waals surface area contributed by atoms with Gasteiger partial charge in [-0.15, -0.1) is 0 Å². The summed E-state index contributed by atoms with van der Waals surface area (Å²) in [7, 11) is -4.07. The highest BCUT2D eigenvalue weighted by atomic mass is 32.2. The average molecular weight is 419 g/mol. The number of hydrogen-bond donors (Lipinski definition) is 2. The van der Waals surface area contributed by atoms with Gasteiger partial charge in [0.2, 0.25) is 0 Å². The molecule has 1 heterocycles. The number of para-hydroxylation sites is 1. The van der Waals surface area contributed by atoms with Crippen LogP contribution in [0.25, 0.3) is 0 Å². The molecule has 29 heavy (non-hydrogen) atoms. The summed E-state index contributed by atoms with van der Waals surface area (Å²) >= 11 is 0. The van der Waals surface area contributed by atoms with E-state index >= 15 is 0 Å². The minimum atomic E-state index is -4.07. The van der Waals surface area contributed by atoms with Gasteiger partial charge in [0.05, 0.1) is 16.1 Å². The van der Waals surface area contributed by atoms with Gasteiger partial charge >= 0.3 is 5.97 Å². The molecule has 2 N–H and O–H groups in total. The van der Waals surface area contributed by atoms with Crippen molar-refractivity contribution in [2.75, 3.05) is 16.6 Å². The number of halogens is 1. The number of amides is 1. The van der Waals surface area contributed by atoms with Crippen molar-refractivity contribution in [3.8, 4) is 0 Å². The van der Waals surface area contributed by atoms with E-state index in [-0.39, 0.29) is 22.0 Å². The molecule has 0 fully saturated rings. The monoisotopic (exact) mass is 419 g/mol. The SMILES string of the molecule is O=C(COC(=O)c1ccccc1NS(=O)(=O)c1ccc(F)cc1)Nc1ccon1. The Morgan fingerprint density at radius 2 is 1.79 bits per heavy atom. The zero-order valence-electron chi connectivity index (χ0n) is 14.7. The molecule has 0 unspecified atom stereocenters. The van der Waals surface area contributed by atoms with Gasteiger partial charge in [0, 0.05) is 6.07 Å². The number of carbonyl (C=O) groups excluding carboxylic acids is 2. The van der Waals surface area contributed by atoms with Crippen molar-refractivity contribution >= 4 is 33.4 Å². The van der Waals surface area contributed by atoms with Crippen molar-refractivity contribution < 1.29 is 31.7 Å². The third-order valence-corrected chi connectivity index (χ3v) is 4.94. The van der Waals surface area contributed by atoms with E-state index in [0.29, 0.717) is 0 Å². The van der Waals surface area contributed by atoms with E-state index in [1.54, 1.807) is 0 Å². The van der Waals surface area contributed by atoms with E-state index < -0.39 is 34.3 Å². The van der Waals surface area contributed by atoms with E-state index in [2.05, 4.69) is 19.7 Å². The lowest BCUT2D eigenvalue weighted by Crippen LogP contribution is -2.22. The number of nitrogens with one attached hydrogen (secondary N) is 2. The van der Waals surface area contributed by atoms with E-state index in [4.69, 9.17) is 4.74 Å². The third kappa shape index (κ3) is 5.17. The lowest BCUT2D eigenvalue weighted by atomic mass is 10.2. The molecule has 0 saturated carbocycles. The fourth-order valence-corrected chi connectivity index (χ4v) is 3.31. The minimum absolute atomic E-state index is 0.0567. The molecule has 2 aromatic carbocycles. The fraction of sp³-hybridized carbons (Fsp3) is 0.0556. The molecule has 150 valence electrons. The lowest BCUT2D eigenvalue weighted by Gasteiger charge is -2.12. The summed E-state index contributed by atoms with van der Waals surface area (Å²) in [5.74, 6) is -2.01. The number of esters is 1. The Kier molecular flexibility index (Phi) is 5.88. The van der Waals surface area contributed by atoms with E-state index in [0.717, 1.165) is 24.3 Å². The Bertz CT molecular complexity index is 1110. The molecule has 0 aliphatic rings. The van der Waals surface area contributed by atoms with Gasteiger partial charge in [0.25, 0.3) is 15.9 Å². The van der Waals surface area contributed by atoms with Gasteiger partial charge < -0.3 is 14.6 Å². The number of rotatable bonds is 7. The second-order valence-electron chi connectivity index (χ2n) is 5.61. The highest BCUT2D eigenvalue weighted by Gasteiger charge is 2.20. The van der Waals surface area contributed by atoms with Crippen LogP contribution in [0.5, 0.6) is 0 Å². The van der Waals surface area contributed by atoms with Crippen LogP contribution in [0.3, 0.4) is 0 Å². The molecule has 3 aromatic rings. The first-order valence-corrected chi connectivity index (χ1v) is 9.58. The predicted molar refractivity (Wildman–Crippen MR) is 99.1 cm³/mol. The summed E-state index contributed by atoms with van der Waals surface area (Å²) < 4.78 is 49.7.